The lowest BCUT2D eigenvalue weighted by atomic mass is 9.96. The molecule has 34 heavy (non-hydrogen) atoms. The summed E-state index contributed by atoms with van der Waals surface area (Å²) in [6, 6.07) is 27.2. The zero-order valence-electron chi connectivity index (χ0n) is 18.3. The predicted octanol–water partition coefficient (Wildman–Crippen LogP) is 7.02. The van der Waals surface area contributed by atoms with E-state index in [-0.39, 0.29) is 11.8 Å². The number of para-hydroxylation sites is 1. The van der Waals surface area contributed by atoms with E-state index < -0.39 is 0 Å². The molecule has 0 aliphatic rings. The fraction of sp³-hybridized carbons (Fsp3) is 0.107. The second kappa shape index (κ2) is 10.2. The molecule has 1 atom stereocenters. The van der Waals surface area contributed by atoms with Gasteiger partial charge in [-0.05, 0) is 65.0 Å². The quantitative estimate of drug-likeness (QED) is 0.247. The van der Waals surface area contributed by atoms with Crippen molar-refractivity contribution >= 4 is 39.7 Å². The first-order chi connectivity index (χ1) is 16.7. The van der Waals surface area contributed by atoms with Crippen molar-refractivity contribution in [2.45, 2.75) is 12.5 Å². The summed E-state index contributed by atoms with van der Waals surface area (Å²) in [5.41, 5.74) is 3.90. The van der Waals surface area contributed by atoms with E-state index in [1.807, 2.05) is 48.5 Å². The van der Waals surface area contributed by atoms with Crippen molar-refractivity contribution in [1.29, 1.82) is 0 Å². The fourth-order valence-corrected chi connectivity index (χ4v) is 4.95. The van der Waals surface area contributed by atoms with Crippen LogP contribution in [0.2, 0.25) is 5.02 Å². The number of aromatic amines is 1. The van der Waals surface area contributed by atoms with Crippen LogP contribution in [0.3, 0.4) is 0 Å². The predicted molar refractivity (Wildman–Crippen MR) is 139 cm³/mol. The van der Waals surface area contributed by atoms with Crippen molar-refractivity contribution in [3.63, 3.8) is 0 Å². The van der Waals surface area contributed by atoms with Gasteiger partial charge in [-0.25, -0.2) is 0 Å². The summed E-state index contributed by atoms with van der Waals surface area (Å²) in [5, 5.41) is 7.06. The van der Waals surface area contributed by atoms with E-state index in [2.05, 4.69) is 46.1 Å². The molecule has 2 N–H and O–H groups in total. The highest BCUT2D eigenvalue weighted by atomic mass is 35.5. The molecule has 0 unspecified atom stereocenters. The Kier molecular flexibility index (Phi) is 6.65. The Hall–Kier alpha value is -3.54. The number of halogens is 1. The molecule has 0 fully saturated rings. The molecular weight excluding hydrogens is 464 g/mol. The number of nitrogens with one attached hydrogen (secondary N) is 2. The molecule has 0 radical (unpaired) electrons. The van der Waals surface area contributed by atoms with Crippen molar-refractivity contribution in [3.8, 4) is 5.75 Å². The van der Waals surface area contributed by atoms with Crippen molar-refractivity contribution in [2.24, 2.45) is 0 Å². The Bertz CT molecular complexity index is 1380. The van der Waals surface area contributed by atoms with Crippen LogP contribution < -0.4 is 10.1 Å². The third kappa shape index (κ3) is 5.01. The zero-order chi connectivity index (χ0) is 23.3. The smallest absolute Gasteiger partial charge is 0.251 e. The van der Waals surface area contributed by atoms with Gasteiger partial charge in [-0.2, -0.15) is 0 Å². The molecule has 2 heterocycles. The number of hydrogen-bond donors (Lipinski definition) is 2. The summed E-state index contributed by atoms with van der Waals surface area (Å²) in [7, 11) is 0. The molecule has 1 amide bonds. The van der Waals surface area contributed by atoms with Crippen LogP contribution in [-0.4, -0.2) is 17.4 Å². The number of fused-ring (bicyclic) bond motifs is 1. The minimum Gasteiger partial charge on any atom is -0.489 e. The summed E-state index contributed by atoms with van der Waals surface area (Å²) in [4.78, 5) is 17.5. The van der Waals surface area contributed by atoms with Gasteiger partial charge in [0, 0.05) is 45.0 Å². The van der Waals surface area contributed by atoms with Gasteiger partial charge in [0.25, 0.3) is 5.91 Å². The molecule has 6 heteroatoms. The molecule has 0 saturated carbocycles. The molecule has 170 valence electrons. The number of amides is 1. The topological polar surface area (TPSA) is 54.1 Å². The maximum Gasteiger partial charge on any atom is 0.251 e. The van der Waals surface area contributed by atoms with Gasteiger partial charge in [0.1, 0.15) is 12.4 Å². The molecule has 0 saturated heterocycles. The zero-order valence-corrected chi connectivity index (χ0v) is 19.9. The molecular formula is C28H23ClN2O2S. The van der Waals surface area contributed by atoms with Crippen LogP contribution in [0.1, 0.15) is 32.3 Å². The SMILES string of the molecule is O=C(NC[C@@H](c1cccs1)c1c[nH]c2ccccc12)c1ccc(COc2ccc(Cl)cc2)cc1. The van der Waals surface area contributed by atoms with Gasteiger partial charge in [-0.3, -0.25) is 4.79 Å². The molecule has 3 aromatic carbocycles. The maximum absolute atomic E-state index is 12.9. The fourth-order valence-electron chi connectivity index (χ4n) is 3.98. The van der Waals surface area contributed by atoms with E-state index in [1.165, 1.54) is 15.8 Å². The lowest BCUT2D eigenvalue weighted by Gasteiger charge is -2.16. The maximum atomic E-state index is 12.9. The minimum atomic E-state index is -0.0911. The number of hydrogen-bond acceptors (Lipinski definition) is 3. The molecule has 5 rings (SSSR count). The number of carbonyl (C=O) groups is 1. The average molecular weight is 487 g/mol. The summed E-state index contributed by atoms with van der Waals surface area (Å²) in [6.07, 6.45) is 2.05. The lowest BCUT2D eigenvalue weighted by molar-refractivity contribution is 0.0952. The van der Waals surface area contributed by atoms with Crippen LogP contribution in [0.15, 0.2) is 96.5 Å². The van der Waals surface area contributed by atoms with Crippen molar-refractivity contribution in [1.82, 2.24) is 10.3 Å². The summed E-state index contributed by atoms with van der Waals surface area (Å²) >= 11 is 7.62. The molecule has 0 spiro atoms. The highest BCUT2D eigenvalue weighted by molar-refractivity contribution is 7.10. The Balaban J connectivity index is 1.25. The molecule has 0 aliphatic heterocycles. The number of rotatable bonds is 8. The second-order valence-electron chi connectivity index (χ2n) is 8.01. The van der Waals surface area contributed by atoms with E-state index in [4.69, 9.17) is 16.3 Å². The van der Waals surface area contributed by atoms with Crippen LogP contribution in [0, 0.1) is 0 Å². The van der Waals surface area contributed by atoms with E-state index in [9.17, 15) is 4.79 Å². The van der Waals surface area contributed by atoms with Crippen LogP contribution in [0.25, 0.3) is 10.9 Å². The largest absolute Gasteiger partial charge is 0.489 e. The van der Waals surface area contributed by atoms with Gasteiger partial charge in [0.2, 0.25) is 0 Å². The third-order valence-electron chi connectivity index (χ3n) is 5.79. The van der Waals surface area contributed by atoms with Crippen molar-refractivity contribution in [2.75, 3.05) is 6.54 Å². The Morgan fingerprint density at radius 3 is 2.53 bits per heavy atom. The number of thiophene rings is 1. The van der Waals surface area contributed by atoms with Crippen LogP contribution in [-0.2, 0) is 6.61 Å². The van der Waals surface area contributed by atoms with Gasteiger partial charge in [0.05, 0.1) is 0 Å². The number of benzene rings is 3. The van der Waals surface area contributed by atoms with E-state index in [1.54, 1.807) is 23.5 Å². The number of carbonyl (C=O) groups excluding carboxylic acids is 1. The third-order valence-corrected chi connectivity index (χ3v) is 7.02. The Morgan fingerprint density at radius 2 is 1.76 bits per heavy atom. The minimum absolute atomic E-state index is 0.0761. The molecule has 4 nitrogen and oxygen atoms in total. The number of H-pyrrole nitrogens is 1. The van der Waals surface area contributed by atoms with Crippen LogP contribution in [0.5, 0.6) is 5.75 Å². The lowest BCUT2D eigenvalue weighted by Crippen LogP contribution is -2.28. The van der Waals surface area contributed by atoms with Crippen LogP contribution >= 0.6 is 22.9 Å². The number of ether oxygens (including phenoxy) is 1. The van der Waals surface area contributed by atoms with E-state index >= 15 is 0 Å². The highest BCUT2D eigenvalue weighted by Crippen LogP contribution is 2.32. The molecule has 2 aromatic heterocycles. The average Bonchev–Trinajstić information content (AvgIpc) is 3.55. The molecule has 0 bridgehead atoms. The standard InChI is InChI=1S/C28H23ClN2O2S/c29-21-11-13-22(14-12-21)33-18-19-7-9-20(10-8-19)28(32)31-17-25(27-6-3-15-34-27)24-16-30-26-5-2-1-4-23(24)26/h1-16,25,30H,17-18H2,(H,31,32)/t25-/m1/s1. The summed E-state index contributed by atoms with van der Waals surface area (Å²) in [6.45, 7) is 0.938. The summed E-state index contributed by atoms with van der Waals surface area (Å²) < 4.78 is 5.78. The van der Waals surface area contributed by atoms with Gasteiger partial charge in [-0.1, -0.05) is 48.0 Å². The normalized spacial score (nSPS) is 11.9. The Morgan fingerprint density at radius 1 is 0.971 bits per heavy atom. The van der Waals surface area contributed by atoms with Crippen molar-refractivity contribution in [3.05, 3.63) is 123 Å². The van der Waals surface area contributed by atoms with Gasteiger partial charge >= 0.3 is 0 Å². The van der Waals surface area contributed by atoms with Crippen molar-refractivity contribution < 1.29 is 9.53 Å². The molecule has 5 aromatic rings. The summed E-state index contributed by atoms with van der Waals surface area (Å²) in [5.74, 6) is 0.738. The Labute approximate surface area is 207 Å². The van der Waals surface area contributed by atoms with Gasteiger partial charge in [-0.15, -0.1) is 11.3 Å². The van der Waals surface area contributed by atoms with Gasteiger partial charge in [0.15, 0.2) is 0 Å². The first-order valence-electron chi connectivity index (χ1n) is 11.0. The number of aromatic nitrogens is 1. The van der Waals surface area contributed by atoms with E-state index in [0.29, 0.717) is 23.7 Å². The van der Waals surface area contributed by atoms with Crippen LogP contribution in [0.4, 0.5) is 0 Å². The second-order valence-corrected chi connectivity index (χ2v) is 9.42. The molecule has 0 aliphatic carbocycles. The van der Waals surface area contributed by atoms with Gasteiger partial charge < -0.3 is 15.0 Å². The monoisotopic (exact) mass is 486 g/mol. The first kappa shape index (κ1) is 22.3. The first-order valence-corrected chi connectivity index (χ1v) is 12.3. The van der Waals surface area contributed by atoms with E-state index in [0.717, 1.165) is 16.8 Å². The highest BCUT2D eigenvalue weighted by Gasteiger charge is 2.20.